The molecule has 1 aliphatic rings. The number of nitrogens with zero attached hydrogens (tertiary/aromatic N) is 2. The summed E-state index contributed by atoms with van der Waals surface area (Å²) in [6, 6.07) is 3.65. The molecule has 1 aliphatic carbocycles. The molecule has 1 saturated carbocycles. The van der Waals surface area contributed by atoms with Crippen molar-refractivity contribution in [3.05, 3.63) is 0 Å². The Morgan fingerprint density at radius 1 is 1.33 bits per heavy atom. The van der Waals surface area contributed by atoms with Gasteiger partial charge in [0, 0.05) is 25.0 Å². The van der Waals surface area contributed by atoms with Crippen molar-refractivity contribution >= 4 is 0 Å². The molecule has 0 aromatic heterocycles. The molecule has 15 heavy (non-hydrogen) atoms. The van der Waals surface area contributed by atoms with Crippen molar-refractivity contribution in [2.24, 2.45) is 0 Å². The summed E-state index contributed by atoms with van der Waals surface area (Å²) < 4.78 is 0. The third kappa shape index (κ3) is 4.19. The van der Waals surface area contributed by atoms with Gasteiger partial charge in [-0.2, -0.15) is 5.26 Å². The van der Waals surface area contributed by atoms with E-state index in [1.807, 2.05) is 0 Å². The second kappa shape index (κ2) is 6.81. The summed E-state index contributed by atoms with van der Waals surface area (Å²) in [7, 11) is 2.15. The molecule has 0 aromatic rings. The van der Waals surface area contributed by atoms with E-state index in [1.54, 1.807) is 0 Å². The van der Waals surface area contributed by atoms with E-state index in [0.29, 0.717) is 12.5 Å². The van der Waals surface area contributed by atoms with Crippen LogP contribution in [0.25, 0.3) is 0 Å². The molecule has 3 heteroatoms. The van der Waals surface area contributed by atoms with Gasteiger partial charge in [0.25, 0.3) is 0 Å². The molecule has 0 atom stereocenters. The molecule has 0 amide bonds. The molecule has 86 valence electrons. The Hall–Kier alpha value is -0.590. The molecule has 0 heterocycles. The maximum Gasteiger partial charge on any atom is 0.0635 e. The average molecular weight is 209 g/mol. The highest BCUT2D eigenvalue weighted by Crippen LogP contribution is 2.22. The van der Waals surface area contributed by atoms with Gasteiger partial charge in [-0.25, -0.2) is 0 Å². The number of nitrogens with one attached hydrogen (secondary N) is 1. The smallest absolute Gasteiger partial charge is 0.0635 e. The molecule has 0 radical (unpaired) electrons. The predicted molar refractivity (Wildman–Crippen MR) is 62.6 cm³/mol. The van der Waals surface area contributed by atoms with Crippen LogP contribution in [0.4, 0.5) is 0 Å². The minimum Gasteiger partial charge on any atom is -0.314 e. The highest BCUT2D eigenvalue weighted by molar-refractivity contribution is 4.82. The standard InChI is InChI=1S/C12H23N3/c1-3-14-11-5-7-12(8-6-11)15(2)10-4-9-13/h11-12,14H,3-8,10H2,1-2H3. The van der Waals surface area contributed by atoms with Crippen LogP contribution in [0.3, 0.4) is 0 Å². The van der Waals surface area contributed by atoms with E-state index < -0.39 is 0 Å². The van der Waals surface area contributed by atoms with Crippen molar-refractivity contribution < 1.29 is 0 Å². The minimum atomic E-state index is 0.656. The lowest BCUT2D eigenvalue weighted by Crippen LogP contribution is -2.41. The zero-order valence-electron chi connectivity index (χ0n) is 10.00. The van der Waals surface area contributed by atoms with Crippen molar-refractivity contribution in [1.29, 1.82) is 5.26 Å². The van der Waals surface area contributed by atoms with Crippen LogP contribution in [0.1, 0.15) is 39.0 Å². The largest absolute Gasteiger partial charge is 0.314 e. The van der Waals surface area contributed by atoms with Crippen LogP contribution in [-0.4, -0.2) is 37.1 Å². The van der Waals surface area contributed by atoms with Gasteiger partial charge in [-0.3, -0.25) is 0 Å². The number of hydrogen-bond donors (Lipinski definition) is 1. The Morgan fingerprint density at radius 2 is 2.00 bits per heavy atom. The number of hydrogen-bond acceptors (Lipinski definition) is 3. The van der Waals surface area contributed by atoms with Crippen LogP contribution >= 0.6 is 0 Å². The van der Waals surface area contributed by atoms with E-state index in [-0.39, 0.29) is 0 Å². The van der Waals surface area contributed by atoms with Crippen LogP contribution in [0.2, 0.25) is 0 Å². The minimum absolute atomic E-state index is 0.656. The van der Waals surface area contributed by atoms with Crippen molar-refractivity contribution in [2.45, 2.75) is 51.1 Å². The zero-order valence-corrected chi connectivity index (χ0v) is 10.00. The van der Waals surface area contributed by atoms with E-state index in [9.17, 15) is 0 Å². The first-order valence-electron chi connectivity index (χ1n) is 6.08. The molecular formula is C12H23N3. The molecule has 0 aromatic carbocycles. The first-order chi connectivity index (χ1) is 7.27. The molecule has 0 unspecified atom stereocenters. The lowest BCUT2D eigenvalue weighted by Gasteiger charge is -2.34. The molecule has 1 rings (SSSR count). The summed E-state index contributed by atoms with van der Waals surface area (Å²) >= 11 is 0. The Labute approximate surface area is 93.5 Å². The molecule has 0 aliphatic heterocycles. The summed E-state index contributed by atoms with van der Waals surface area (Å²) in [6.45, 7) is 4.18. The van der Waals surface area contributed by atoms with Crippen LogP contribution in [0.5, 0.6) is 0 Å². The molecule has 0 bridgehead atoms. The summed E-state index contributed by atoms with van der Waals surface area (Å²) in [6.07, 6.45) is 5.79. The fourth-order valence-corrected chi connectivity index (χ4v) is 2.42. The fourth-order valence-electron chi connectivity index (χ4n) is 2.42. The molecule has 3 nitrogen and oxygen atoms in total. The number of nitriles is 1. The Kier molecular flexibility index (Phi) is 5.67. The summed E-state index contributed by atoms with van der Waals surface area (Å²) in [4.78, 5) is 2.35. The van der Waals surface area contributed by atoms with Crippen LogP contribution in [0, 0.1) is 11.3 Å². The van der Waals surface area contributed by atoms with Crippen LogP contribution < -0.4 is 5.32 Å². The van der Waals surface area contributed by atoms with E-state index in [4.69, 9.17) is 5.26 Å². The Bertz CT molecular complexity index is 201. The number of rotatable bonds is 5. The maximum absolute atomic E-state index is 8.54. The second-order valence-corrected chi connectivity index (χ2v) is 4.45. The van der Waals surface area contributed by atoms with E-state index in [0.717, 1.165) is 19.1 Å². The van der Waals surface area contributed by atoms with Gasteiger partial charge in [-0.15, -0.1) is 0 Å². The molecule has 1 N–H and O–H groups in total. The maximum atomic E-state index is 8.54. The predicted octanol–water partition coefficient (Wildman–Crippen LogP) is 1.75. The highest BCUT2D eigenvalue weighted by atomic mass is 15.1. The van der Waals surface area contributed by atoms with Crippen molar-refractivity contribution in [1.82, 2.24) is 10.2 Å². The quantitative estimate of drug-likeness (QED) is 0.750. The normalized spacial score (nSPS) is 26.5. The Balaban J connectivity index is 2.21. The molecule has 0 saturated heterocycles. The van der Waals surface area contributed by atoms with Gasteiger partial charge in [0.1, 0.15) is 0 Å². The third-order valence-corrected chi connectivity index (χ3v) is 3.39. The summed E-state index contributed by atoms with van der Waals surface area (Å²) in [5, 5.41) is 12.1. The van der Waals surface area contributed by atoms with Crippen LogP contribution in [0.15, 0.2) is 0 Å². The van der Waals surface area contributed by atoms with Gasteiger partial charge < -0.3 is 10.2 Å². The molecule has 0 spiro atoms. The van der Waals surface area contributed by atoms with Gasteiger partial charge in [-0.1, -0.05) is 6.92 Å². The second-order valence-electron chi connectivity index (χ2n) is 4.45. The Morgan fingerprint density at radius 3 is 2.53 bits per heavy atom. The lowest BCUT2D eigenvalue weighted by atomic mass is 9.90. The summed E-state index contributed by atoms with van der Waals surface area (Å²) in [5.41, 5.74) is 0. The topological polar surface area (TPSA) is 39.1 Å². The molecular weight excluding hydrogens is 186 g/mol. The van der Waals surface area contributed by atoms with Crippen molar-refractivity contribution in [3.63, 3.8) is 0 Å². The summed E-state index contributed by atoms with van der Waals surface area (Å²) in [5.74, 6) is 0. The first-order valence-corrected chi connectivity index (χ1v) is 6.08. The SMILES string of the molecule is CCNC1CCC(N(C)CCC#N)CC1. The fraction of sp³-hybridized carbons (Fsp3) is 0.917. The van der Waals surface area contributed by atoms with Crippen LogP contribution in [-0.2, 0) is 0 Å². The van der Waals surface area contributed by atoms with Gasteiger partial charge in [0.2, 0.25) is 0 Å². The van der Waals surface area contributed by atoms with Crippen molar-refractivity contribution in [3.8, 4) is 6.07 Å². The monoisotopic (exact) mass is 209 g/mol. The van der Waals surface area contributed by atoms with Gasteiger partial charge >= 0.3 is 0 Å². The zero-order chi connectivity index (χ0) is 11.1. The van der Waals surface area contributed by atoms with E-state index >= 15 is 0 Å². The van der Waals surface area contributed by atoms with Gasteiger partial charge in [-0.05, 0) is 39.3 Å². The average Bonchev–Trinajstić information content (AvgIpc) is 2.27. The third-order valence-electron chi connectivity index (χ3n) is 3.39. The highest BCUT2D eigenvalue weighted by Gasteiger charge is 2.22. The van der Waals surface area contributed by atoms with Gasteiger partial charge in [0.05, 0.1) is 6.07 Å². The molecule has 1 fully saturated rings. The first kappa shape index (κ1) is 12.5. The lowest BCUT2D eigenvalue weighted by molar-refractivity contribution is 0.178. The van der Waals surface area contributed by atoms with Crippen molar-refractivity contribution in [2.75, 3.05) is 20.1 Å². The van der Waals surface area contributed by atoms with E-state index in [1.165, 1.54) is 25.7 Å². The van der Waals surface area contributed by atoms with Gasteiger partial charge in [0.15, 0.2) is 0 Å². The van der Waals surface area contributed by atoms with E-state index in [2.05, 4.69) is 30.3 Å².